The van der Waals surface area contributed by atoms with Crippen LogP contribution < -0.4 is 0 Å². The molecule has 0 saturated carbocycles. The van der Waals surface area contributed by atoms with Crippen molar-refractivity contribution in [2.75, 3.05) is 6.54 Å². The molecule has 27 heavy (non-hydrogen) atoms. The zero-order valence-corrected chi connectivity index (χ0v) is 15.5. The Bertz CT molecular complexity index is 1080. The number of para-hydroxylation sites is 1. The van der Waals surface area contributed by atoms with Crippen molar-refractivity contribution in [3.05, 3.63) is 101 Å². The van der Waals surface area contributed by atoms with E-state index in [-0.39, 0.29) is 6.04 Å². The number of pyridine rings is 1. The molecule has 134 valence electrons. The Morgan fingerprint density at radius 1 is 1.00 bits per heavy atom. The molecule has 3 heteroatoms. The highest BCUT2D eigenvalue weighted by Crippen LogP contribution is 2.39. The molecule has 2 aromatic heterocycles. The molecule has 1 N–H and O–H groups in total. The summed E-state index contributed by atoms with van der Waals surface area (Å²) < 4.78 is 0. The van der Waals surface area contributed by atoms with Crippen molar-refractivity contribution < 1.29 is 0 Å². The molecule has 0 aliphatic carbocycles. The first-order chi connectivity index (χ1) is 13.3. The number of hydrogen-bond donors (Lipinski definition) is 1. The number of aryl methyl sites for hydroxylation is 1. The summed E-state index contributed by atoms with van der Waals surface area (Å²) in [5.74, 6) is 0. The quantitative estimate of drug-likeness (QED) is 0.561. The minimum atomic E-state index is 0.226. The highest BCUT2D eigenvalue weighted by atomic mass is 15.2. The summed E-state index contributed by atoms with van der Waals surface area (Å²) in [7, 11) is 0. The van der Waals surface area contributed by atoms with Gasteiger partial charge in [-0.05, 0) is 48.2 Å². The minimum absolute atomic E-state index is 0.226. The Kier molecular flexibility index (Phi) is 4.02. The van der Waals surface area contributed by atoms with Crippen LogP contribution in [0.5, 0.6) is 0 Å². The van der Waals surface area contributed by atoms with Crippen LogP contribution in [0.1, 0.15) is 34.1 Å². The van der Waals surface area contributed by atoms with Crippen LogP contribution in [-0.2, 0) is 13.0 Å². The second-order valence-corrected chi connectivity index (χ2v) is 7.36. The van der Waals surface area contributed by atoms with Crippen LogP contribution in [0.2, 0.25) is 0 Å². The third-order valence-corrected chi connectivity index (χ3v) is 5.71. The molecule has 1 aliphatic heterocycles. The third kappa shape index (κ3) is 2.84. The van der Waals surface area contributed by atoms with Gasteiger partial charge >= 0.3 is 0 Å². The third-order valence-electron chi connectivity index (χ3n) is 5.71. The molecule has 5 rings (SSSR count). The van der Waals surface area contributed by atoms with Gasteiger partial charge < -0.3 is 4.98 Å². The minimum Gasteiger partial charge on any atom is -0.357 e. The fourth-order valence-corrected chi connectivity index (χ4v) is 4.41. The zero-order chi connectivity index (χ0) is 18.2. The molecule has 1 aliphatic rings. The van der Waals surface area contributed by atoms with Gasteiger partial charge in [0.1, 0.15) is 0 Å². The number of H-pyrrole nitrogens is 1. The van der Waals surface area contributed by atoms with Gasteiger partial charge in [-0.2, -0.15) is 0 Å². The van der Waals surface area contributed by atoms with E-state index in [9.17, 15) is 0 Å². The Morgan fingerprint density at radius 2 is 1.81 bits per heavy atom. The molecule has 0 saturated heterocycles. The maximum absolute atomic E-state index is 4.57. The summed E-state index contributed by atoms with van der Waals surface area (Å²) >= 11 is 0. The molecule has 3 nitrogen and oxygen atoms in total. The van der Waals surface area contributed by atoms with Crippen LogP contribution in [0.25, 0.3) is 10.9 Å². The molecule has 0 bridgehead atoms. The number of fused-ring (bicyclic) bond motifs is 3. The topological polar surface area (TPSA) is 31.9 Å². The molecule has 4 aromatic rings. The molecule has 1 atom stereocenters. The number of hydrogen-bond acceptors (Lipinski definition) is 2. The van der Waals surface area contributed by atoms with Crippen LogP contribution in [-0.4, -0.2) is 21.4 Å². The molecule has 0 radical (unpaired) electrons. The summed E-state index contributed by atoms with van der Waals surface area (Å²) in [6.45, 7) is 4.10. The summed E-state index contributed by atoms with van der Waals surface area (Å²) in [5, 5.41) is 1.36. The first-order valence-electron chi connectivity index (χ1n) is 9.60. The summed E-state index contributed by atoms with van der Waals surface area (Å²) in [5.41, 5.74) is 7.88. The van der Waals surface area contributed by atoms with Crippen LogP contribution in [0, 0.1) is 6.92 Å². The highest BCUT2D eigenvalue weighted by Gasteiger charge is 2.32. The number of rotatable bonds is 3. The van der Waals surface area contributed by atoms with Gasteiger partial charge in [-0.25, -0.2) is 0 Å². The van der Waals surface area contributed by atoms with Gasteiger partial charge in [-0.15, -0.1) is 0 Å². The second kappa shape index (κ2) is 6.67. The lowest BCUT2D eigenvalue weighted by atomic mass is 9.90. The van der Waals surface area contributed by atoms with E-state index in [1.807, 2.05) is 12.3 Å². The predicted molar refractivity (Wildman–Crippen MR) is 110 cm³/mol. The van der Waals surface area contributed by atoms with E-state index in [0.717, 1.165) is 25.2 Å². The largest absolute Gasteiger partial charge is 0.357 e. The van der Waals surface area contributed by atoms with Crippen LogP contribution in [0.15, 0.2) is 72.9 Å². The van der Waals surface area contributed by atoms with Gasteiger partial charge in [0, 0.05) is 35.9 Å². The van der Waals surface area contributed by atoms with Crippen molar-refractivity contribution in [1.29, 1.82) is 0 Å². The molecule has 2 aromatic carbocycles. The molecule has 1 unspecified atom stereocenters. The molecule has 0 spiro atoms. The lowest BCUT2D eigenvalue weighted by Crippen LogP contribution is -2.36. The number of aromatic nitrogens is 2. The fourth-order valence-electron chi connectivity index (χ4n) is 4.41. The summed E-state index contributed by atoms with van der Waals surface area (Å²) in [4.78, 5) is 10.9. The standard InChI is InChI=1S/C24H23N3/c1-17-8-2-3-10-19(17)24-23-21(20-11-4-5-12-22(20)26-23)13-15-27(24)16-18-9-6-7-14-25-18/h2-12,14,24,26H,13,15-16H2,1H3. The Morgan fingerprint density at radius 3 is 2.67 bits per heavy atom. The van der Waals surface area contributed by atoms with Gasteiger partial charge in [0.2, 0.25) is 0 Å². The van der Waals surface area contributed by atoms with Gasteiger partial charge in [0.15, 0.2) is 0 Å². The van der Waals surface area contributed by atoms with Crippen LogP contribution >= 0.6 is 0 Å². The first kappa shape index (κ1) is 16.3. The number of nitrogens with zero attached hydrogens (tertiary/aromatic N) is 2. The van der Waals surface area contributed by atoms with Crippen LogP contribution in [0.4, 0.5) is 0 Å². The number of nitrogens with one attached hydrogen (secondary N) is 1. The molecular formula is C24H23N3. The summed E-state index contributed by atoms with van der Waals surface area (Å²) in [6.07, 6.45) is 2.95. The van der Waals surface area contributed by atoms with E-state index in [1.165, 1.54) is 33.3 Å². The van der Waals surface area contributed by atoms with E-state index >= 15 is 0 Å². The van der Waals surface area contributed by atoms with Gasteiger partial charge in [0.05, 0.1) is 11.7 Å². The lowest BCUT2D eigenvalue weighted by Gasteiger charge is -2.36. The number of aromatic amines is 1. The van der Waals surface area contributed by atoms with Crippen molar-refractivity contribution in [2.24, 2.45) is 0 Å². The van der Waals surface area contributed by atoms with Gasteiger partial charge in [-0.3, -0.25) is 9.88 Å². The average molecular weight is 353 g/mol. The maximum atomic E-state index is 4.57. The average Bonchev–Trinajstić information content (AvgIpc) is 3.08. The van der Waals surface area contributed by atoms with Crippen molar-refractivity contribution in [2.45, 2.75) is 25.9 Å². The maximum Gasteiger partial charge on any atom is 0.0763 e. The lowest BCUT2D eigenvalue weighted by molar-refractivity contribution is 0.199. The predicted octanol–water partition coefficient (Wildman–Crippen LogP) is 5.02. The number of benzene rings is 2. The Hall–Kier alpha value is -2.91. The SMILES string of the molecule is Cc1ccccc1C1c2[nH]c3ccccc3c2CCN1Cc1ccccn1. The van der Waals surface area contributed by atoms with E-state index in [2.05, 4.69) is 82.5 Å². The molecule has 0 amide bonds. The van der Waals surface area contributed by atoms with E-state index < -0.39 is 0 Å². The molecule has 0 fully saturated rings. The molecule has 3 heterocycles. The van der Waals surface area contributed by atoms with Gasteiger partial charge in [0.25, 0.3) is 0 Å². The van der Waals surface area contributed by atoms with Crippen molar-refractivity contribution in [1.82, 2.24) is 14.9 Å². The first-order valence-corrected chi connectivity index (χ1v) is 9.60. The smallest absolute Gasteiger partial charge is 0.0763 e. The molecular weight excluding hydrogens is 330 g/mol. The van der Waals surface area contributed by atoms with Crippen molar-refractivity contribution >= 4 is 10.9 Å². The van der Waals surface area contributed by atoms with Crippen molar-refractivity contribution in [3.8, 4) is 0 Å². The fraction of sp³-hybridized carbons (Fsp3) is 0.208. The van der Waals surface area contributed by atoms with E-state index in [4.69, 9.17) is 0 Å². The summed E-state index contributed by atoms with van der Waals surface area (Å²) in [6, 6.07) is 23.8. The van der Waals surface area contributed by atoms with Gasteiger partial charge in [-0.1, -0.05) is 48.5 Å². The second-order valence-electron chi connectivity index (χ2n) is 7.36. The highest BCUT2D eigenvalue weighted by molar-refractivity contribution is 5.85. The van der Waals surface area contributed by atoms with E-state index in [1.54, 1.807) is 0 Å². The van der Waals surface area contributed by atoms with Crippen LogP contribution in [0.3, 0.4) is 0 Å². The zero-order valence-electron chi connectivity index (χ0n) is 15.5. The Balaban J connectivity index is 1.65. The normalized spacial score (nSPS) is 17.1. The van der Waals surface area contributed by atoms with E-state index in [0.29, 0.717) is 0 Å². The van der Waals surface area contributed by atoms with Crippen molar-refractivity contribution in [3.63, 3.8) is 0 Å². The monoisotopic (exact) mass is 353 g/mol. The Labute approximate surface area is 159 Å².